The van der Waals surface area contributed by atoms with Crippen LogP contribution in [-0.2, 0) is 6.61 Å². The summed E-state index contributed by atoms with van der Waals surface area (Å²) >= 11 is 5.69. The van der Waals surface area contributed by atoms with E-state index >= 15 is 0 Å². The topological polar surface area (TPSA) is 89.5 Å². The van der Waals surface area contributed by atoms with Crippen LogP contribution >= 0.6 is 11.6 Å². The van der Waals surface area contributed by atoms with Crippen molar-refractivity contribution in [2.24, 2.45) is 0 Å². The summed E-state index contributed by atoms with van der Waals surface area (Å²) in [6.45, 7) is 2.08. The maximum Gasteiger partial charge on any atom is 0.233 e. The zero-order chi connectivity index (χ0) is 16.2. The fraction of sp³-hybridized carbons (Fsp3) is 0.133. The average molecular weight is 327 g/mol. The molecule has 0 aliphatic heterocycles. The monoisotopic (exact) mass is 326 g/mol. The number of halogens is 1. The summed E-state index contributed by atoms with van der Waals surface area (Å²) in [5, 5.41) is 24.9. The highest BCUT2D eigenvalue weighted by Crippen LogP contribution is 2.16. The highest BCUT2D eigenvalue weighted by atomic mass is 35.5. The van der Waals surface area contributed by atoms with E-state index in [1.165, 1.54) is 0 Å². The van der Waals surface area contributed by atoms with Crippen LogP contribution in [0.1, 0.15) is 17.0 Å². The van der Waals surface area contributed by atoms with Gasteiger partial charge < -0.3 is 4.74 Å². The predicted molar refractivity (Wildman–Crippen MR) is 82.2 cm³/mol. The summed E-state index contributed by atoms with van der Waals surface area (Å²) in [7, 11) is 0. The van der Waals surface area contributed by atoms with Crippen LogP contribution in [0.4, 0.5) is 0 Å². The Labute approximate surface area is 137 Å². The molecule has 0 bridgehead atoms. The van der Waals surface area contributed by atoms with Crippen LogP contribution < -0.4 is 4.74 Å². The van der Waals surface area contributed by atoms with Crippen molar-refractivity contribution in [2.75, 3.05) is 0 Å². The highest BCUT2D eigenvalue weighted by Gasteiger charge is 2.12. The number of aromatic nitrogens is 5. The molecule has 0 saturated heterocycles. The smallest absolute Gasteiger partial charge is 0.233 e. The normalized spacial score (nSPS) is 10.3. The lowest BCUT2D eigenvalue weighted by molar-refractivity contribution is 0.281. The lowest BCUT2D eigenvalue weighted by Gasteiger charge is -2.08. The van der Waals surface area contributed by atoms with Gasteiger partial charge >= 0.3 is 0 Å². The average Bonchev–Trinajstić information content (AvgIpc) is 2.95. The minimum Gasteiger partial charge on any atom is -0.470 e. The maximum absolute atomic E-state index is 8.86. The fourth-order valence-corrected chi connectivity index (χ4v) is 2.05. The van der Waals surface area contributed by atoms with Gasteiger partial charge in [0.25, 0.3) is 0 Å². The predicted octanol–water partition coefficient (Wildman–Crippen LogP) is 2.47. The minimum atomic E-state index is 0.231. The van der Waals surface area contributed by atoms with Crippen molar-refractivity contribution < 1.29 is 4.74 Å². The van der Waals surface area contributed by atoms with E-state index in [1.54, 1.807) is 41.1 Å². The van der Waals surface area contributed by atoms with Crippen molar-refractivity contribution in [1.29, 1.82) is 5.26 Å². The van der Waals surface area contributed by atoms with E-state index < -0.39 is 0 Å². The zero-order valence-corrected chi connectivity index (χ0v) is 12.9. The van der Waals surface area contributed by atoms with Gasteiger partial charge in [0.1, 0.15) is 12.3 Å². The largest absolute Gasteiger partial charge is 0.470 e. The molecule has 0 N–H and O–H groups in total. The Kier molecular flexibility index (Phi) is 4.17. The fourth-order valence-electron chi connectivity index (χ4n) is 1.95. The Morgan fingerprint density at radius 1 is 1.13 bits per heavy atom. The number of nitriles is 1. The Balaban J connectivity index is 1.83. The molecule has 114 valence electrons. The summed E-state index contributed by atoms with van der Waals surface area (Å²) in [4.78, 5) is 0. The maximum atomic E-state index is 8.86. The van der Waals surface area contributed by atoms with E-state index in [-0.39, 0.29) is 6.61 Å². The summed E-state index contributed by atoms with van der Waals surface area (Å²) in [6, 6.07) is 12.4. The van der Waals surface area contributed by atoms with Gasteiger partial charge in [-0.3, -0.25) is 0 Å². The summed E-state index contributed by atoms with van der Waals surface area (Å²) in [5.41, 5.74) is 2.91. The van der Waals surface area contributed by atoms with E-state index in [1.807, 2.05) is 6.92 Å². The van der Waals surface area contributed by atoms with E-state index in [4.69, 9.17) is 21.6 Å². The summed E-state index contributed by atoms with van der Waals surface area (Å²) < 4.78 is 7.27. The second kappa shape index (κ2) is 6.42. The van der Waals surface area contributed by atoms with Crippen LogP contribution in [0.25, 0.3) is 5.69 Å². The van der Waals surface area contributed by atoms with Gasteiger partial charge in [0, 0.05) is 6.07 Å². The third-order valence-electron chi connectivity index (χ3n) is 3.16. The summed E-state index contributed by atoms with van der Waals surface area (Å²) in [5.74, 6) is 0.362. The van der Waals surface area contributed by atoms with Crippen molar-refractivity contribution in [3.05, 3.63) is 58.5 Å². The number of rotatable bonds is 4. The summed E-state index contributed by atoms with van der Waals surface area (Å²) in [6.07, 6.45) is 0. The van der Waals surface area contributed by atoms with Gasteiger partial charge in [-0.05, 0) is 37.3 Å². The Morgan fingerprint density at radius 2 is 1.91 bits per heavy atom. The molecule has 2 aromatic heterocycles. The van der Waals surface area contributed by atoms with Gasteiger partial charge in [0.15, 0.2) is 5.15 Å². The Bertz CT molecular complexity index is 851. The number of hydrogen-bond donors (Lipinski definition) is 0. The highest BCUT2D eigenvalue weighted by molar-refractivity contribution is 6.29. The molecule has 0 fully saturated rings. The zero-order valence-electron chi connectivity index (χ0n) is 12.1. The molecular formula is C15H11ClN6O. The van der Waals surface area contributed by atoms with E-state index in [9.17, 15) is 0 Å². The first-order valence-corrected chi connectivity index (χ1v) is 7.09. The first-order chi connectivity index (χ1) is 11.2. The molecule has 1 aromatic carbocycles. The third-order valence-corrected chi connectivity index (χ3v) is 3.36. The quantitative estimate of drug-likeness (QED) is 0.731. The van der Waals surface area contributed by atoms with Crippen LogP contribution in [0.3, 0.4) is 0 Å². The van der Waals surface area contributed by atoms with E-state index in [2.05, 4.69) is 26.6 Å². The SMILES string of the molecule is Cc1nnn(-c2ccc(C#N)cc2)c1COc1ccc(Cl)nn1. The Hall–Kier alpha value is -2.98. The van der Waals surface area contributed by atoms with Gasteiger partial charge in [-0.25, -0.2) is 4.68 Å². The van der Waals surface area contributed by atoms with Crippen LogP contribution in [0.15, 0.2) is 36.4 Å². The molecule has 0 aliphatic rings. The first-order valence-electron chi connectivity index (χ1n) is 6.71. The van der Waals surface area contributed by atoms with Crippen molar-refractivity contribution in [3.8, 4) is 17.6 Å². The molecule has 0 unspecified atom stereocenters. The van der Waals surface area contributed by atoms with Crippen LogP contribution in [-0.4, -0.2) is 25.2 Å². The molecule has 23 heavy (non-hydrogen) atoms. The molecule has 3 rings (SSSR count). The Morgan fingerprint density at radius 3 is 2.57 bits per heavy atom. The van der Waals surface area contributed by atoms with E-state index in [0.29, 0.717) is 16.6 Å². The van der Waals surface area contributed by atoms with Crippen molar-refractivity contribution in [3.63, 3.8) is 0 Å². The van der Waals surface area contributed by atoms with Crippen LogP contribution in [0.5, 0.6) is 5.88 Å². The first kappa shape index (κ1) is 14.9. The van der Waals surface area contributed by atoms with Crippen LogP contribution in [0.2, 0.25) is 5.15 Å². The number of aryl methyl sites for hydroxylation is 1. The molecular weight excluding hydrogens is 316 g/mol. The molecule has 3 aromatic rings. The number of nitrogens with zero attached hydrogens (tertiary/aromatic N) is 6. The molecule has 0 aliphatic carbocycles. The van der Waals surface area contributed by atoms with Crippen LogP contribution in [0, 0.1) is 18.3 Å². The van der Waals surface area contributed by atoms with Gasteiger partial charge in [-0.15, -0.1) is 15.3 Å². The molecule has 7 nitrogen and oxygen atoms in total. The van der Waals surface area contributed by atoms with Crippen molar-refractivity contribution >= 4 is 11.6 Å². The number of ether oxygens (including phenoxy) is 1. The second-order valence-corrected chi connectivity index (χ2v) is 5.06. The van der Waals surface area contributed by atoms with Gasteiger partial charge in [0.2, 0.25) is 5.88 Å². The molecule has 8 heteroatoms. The third kappa shape index (κ3) is 3.27. The lowest BCUT2D eigenvalue weighted by Crippen LogP contribution is -2.07. The molecule has 0 amide bonds. The number of hydrogen-bond acceptors (Lipinski definition) is 6. The molecule has 0 spiro atoms. The second-order valence-electron chi connectivity index (χ2n) is 4.67. The molecule has 0 radical (unpaired) electrons. The molecule has 0 saturated carbocycles. The standard InChI is InChI=1S/C15H11ClN6O/c1-10-13(9-23-15-7-6-14(16)19-20-15)22(21-18-10)12-4-2-11(8-17)3-5-12/h2-7H,9H2,1H3. The number of benzene rings is 1. The minimum absolute atomic E-state index is 0.231. The van der Waals surface area contributed by atoms with Gasteiger partial charge in [-0.1, -0.05) is 16.8 Å². The lowest BCUT2D eigenvalue weighted by atomic mass is 10.2. The van der Waals surface area contributed by atoms with Crippen molar-refractivity contribution in [2.45, 2.75) is 13.5 Å². The van der Waals surface area contributed by atoms with Gasteiger partial charge in [0.05, 0.1) is 23.0 Å². The van der Waals surface area contributed by atoms with E-state index in [0.717, 1.165) is 17.1 Å². The van der Waals surface area contributed by atoms with Crippen molar-refractivity contribution in [1.82, 2.24) is 25.2 Å². The van der Waals surface area contributed by atoms with Gasteiger partial charge in [-0.2, -0.15) is 5.26 Å². The molecule has 2 heterocycles. The molecule has 0 atom stereocenters.